The summed E-state index contributed by atoms with van der Waals surface area (Å²) in [6, 6.07) is 18.6. The Labute approximate surface area is 132 Å². The maximum absolute atomic E-state index is 5.90. The van der Waals surface area contributed by atoms with Gasteiger partial charge in [-0.15, -0.1) is 11.6 Å². The first kappa shape index (κ1) is 15.9. The molecule has 112 valence electrons. The number of nitrogens with zero attached hydrogens (tertiary/aromatic N) is 1. The van der Waals surface area contributed by atoms with Gasteiger partial charge in [-0.1, -0.05) is 48.5 Å². The quantitative estimate of drug-likeness (QED) is 0.680. The van der Waals surface area contributed by atoms with Gasteiger partial charge in [0.2, 0.25) is 0 Å². The number of rotatable bonds is 8. The van der Waals surface area contributed by atoms with Crippen LogP contribution in [-0.2, 0) is 6.54 Å². The van der Waals surface area contributed by atoms with Crippen LogP contribution in [0.25, 0.3) is 0 Å². The third-order valence-electron chi connectivity index (χ3n) is 3.41. The summed E-state index contributed by atoms with van der Waals surface area (Å²) in [5, 5.41) is 0. The molecule has 21 heavy (non-hydrogen) atoms. The zero-order chi connectivity index (χ0) is 14.9. The lowest BCUT2D eigenvalue weighted by molar-refractivity contribution is 0.210. The van der Waals surface area contributed by atoms with Crippen molar-refractivity contribution in [2.75, 3.05) is 25.6 Å². The van der Waals surface area contributed by atoms with Crippen molar-refractivity contribution in [3.8, 4) is 5.75 Å². The highest BCUT2D eigenvalue weighted by Crippen LogP contribution is 2.16. The molecule has 0 saturated carbocycles. The van der Waals surface area contributed by atoms with Crippen LogP contribution in [0.1, 0.15) is 11.1 Å². The van der Waals surface area contributed by atoms with E-state index in [0.29, 0.717) is 12.5 Å². The van der Waals surface area contributed by atoms with E-state index >= 15 is 0 Å². The number of alkyl halides is 1. The average molecular weight is 304 g/mol. The first-order valence-corrected chi connectivity index (χ1v) is 7.83. The number of ether oxygens (including phenoxy) is 1. The minimum Gasteiger partial charge on any atom is -0.492 e. The van der Waals surface area contributed by atoms with Gasteiger partial charge in [-0.25, -0.2) is 0 Å². The van der Waals surface area contributed by atoms with E-state index in [-0.39, 0.29) is 0 Å². The second kappa shape index (κ2) is 8.71. The Kier molecular flexibility index (Phi) is 6.58. The first-order chi connectivity index (χ1) is 10.3. The Morgan fingerprint density at radius 3 is 2.38 bits per heavy atom. The lowest BCUT2D eigenvalue weighted by Gasteiger charge is -2.21. The van der Waals surface area contributed by atoms with Gasteiger partial charge in [-0.3, -0.25) is 4.90 Å². The summed E-state index contributed by atoms with van der Waals surface area (Å²) in [6.45, 7) is 5.39. The summed E-state index contributed by atoms with van der Waals surface area (Å²) < 4.78 is 5.87. The van der Waals surface area contributed by atoms with Crippen LogP contribution < -0.4 is 4.74 Å². The van der Waals surface area contributed by atoms with Gasteiger partial charge in [-0.05, 0) is 24.1 Å². The van der Waals surface area contributed by atoms with Crippen LogP contribution in [0, 0.1) is 6.92 Å². The van der Waals surface area contributed by atoms with Gasteiger partial charge in [0, 0.05) is 25.5 Å². The van der Waals surface area contributed by atoms with Crippen molar-refractivity contribution in [2.24, 2.45) is 0 Å². The summed E-state index contributed by atoms with van der Waals surface area (Å²) in [7, 11) is 0. The number of para-hydroxylation sites is 1. The highest BCUT2D eigenvalue weighted by molar-refractivity contribution is 6.18. The summed E-state index contributed by atoms with van der Waals surface area (Å²) in [4.78, 5) is 2.32. The molecule has 0 spiro atoms. The van der Waals surface area contributed by atoms with Crippen LogP contribution in [0.3, 0.4) is 0 Å². The van der Waals surface area contributed by atoms with E-state index in [1.54, 1.807) is 0 Å². The molecule has 0 saturated heterocycles. The zero-order valence-electron chi connectivity index (χ0n) is 12.5. The fourth-order valence-corrected chi connectivity index (χ4v) is 2.47. The molecule has 0 aliphatic heterocycles. The molecule has 0 radical (unpaired) electrons. The second-order valence-electron chi connectivity index (χ2n) is 5.06. The normalized spacial score (nSPS) is 10.8. The maximum atomic E-state index is 5.90. The molecule has 0 atom stereocenters. The van der Waals surface area contributed by atoms with E-state index in [2.05, 4.69) is 42.2 Å². The van der Waals surface area contributed by atoms with Crippen molar-refractivity contribution in [3.05, 3.63) is 65.7 Å². The Hall–Kier alpha value is -1.51. The third-order valence-corrected chi connectivity index (χ3v) is 3.58. The largest absolute Gasteiger partial charge is 0.492 e. The lowest BCUT2D eigenvalue weighted by atomic mass is 10.2. The number of hydrogen-bond acceptors (Lipinski definition) is 2. The molecule has 2 aromatic rings. The lowest BCUT2D eigenvalue weighted by Crippen LogP contribution is -2.30. The fraction of sp³-hybridized carbons (Fsp3) is 0.333. The van der Waals surface area contributed by atoms with Crippen LogP contribution in [0.15, 0.2) is 54.6 Å². The molecule has 0 aromatic heterocycles. The summed E-state index contributed by atoms with van der Waals surface area (Å²) >= 11 is 5.90. The van der Waals surface area contributed by atoms with Gasteiger partial charge >= 0.3 is 0 Å². The zero-order valence-corrected chi connectivity index (χ0v) is 13.2. The topological polar surface area (TPSA) is 12.5 Å². The highest BCUT2D eigenvalue weighted by atomic mass is 35.5. The molecule has 0 bridgehead atoms. The van der Waals surface area contributed by atoms with E-state index in [9.17, 15) is 0 Å². The van der Waals surface area contributed by atoms with Gasteiger partial charge < -0.3 is 4.74 Å². The van der Waals surface area contributed by atoms with Crippen molar-refractivity contribution < 1.29 is 4.74 Å². The van der Waals surface area contributed by atoms with E-state index in [0.717, 1.165) is 25.4 Å². The predicted molar refractivity (Wildman–Crippen MR) is 89.1 cm³/mol. The number of halogens is 1. The SMILES string of the molecule is Cc1ccccc1OCCN(CCCl)Cc1ccccc1. The van der Waals surface area contributed by atoms with E-state index in [1.165, 1.54) is 11.1 Å². The minimum atomic E-state index is 0.636. The smallest absolute Gasteiger partial charge is 0.122 e. The molecule has 0 unspecified atom stereocenters. The second-order valence-corrected chi connectivity index (χ2v) is 5.44. The van der Waals surface area contributed by atoms with Crippen LogP contribution in [0.4, 0.5) is 0 Å². The molecule has 0 amide bonds. The summed E-state index contributed by atoms with van der Waals surface area (Å²) in [6.07, 6.45) is 0. The molecule has 0 aliphatic rings. The molecule has 3 heteroatoms. The molecular weight excluding hydrogens is 282 g/mol. The highest BCUT2D eigenvalue weighted by Gasteiger charge is 2.06. The Bertz CT molecular complexity index is 530. The van der Waals surface area contributed by atoms with Crippen molar-refractivity contribution in [1.82, 2.24) is 4.90 Å². The van der Waals surface area contributed by atoms with Gasteiger partial charge in [-0.2, -0.15) is 0 Å². The maximum Gasteiger partial charge on any atom is 0.122 e. The molecule has 2 nitrogen and oxygen atoms in total. The monoisotopic (exact) mass is 303 g/mol. The van der Waals surface area contributed by atoms with E-state index < -0.39 is 0 Å². The summed E-state index contributed by atoms with van der Waals surface area (Å²) in [5.41, 5.74) is 2.47. The predicted octanol–water partition coefficient (Wildman–Crippen LogP) is 4.11. The number of aryl methyl sites for hydroxylation is 1. The van der Waals surface area contributed by atoms with Gasteiger partial charge in [0.15, 0.2) is 0 Å². The standard InChI is InChI=1S/C18H22ClNO/c1-16-7-5-6-10-18(16)21-14-13-20(12-11-19)15-17-8-3-2-4-9-17/h2-10H,11-15H2,1H3. The Morgan fingerprint density at radius 1 is 0.952 bits per heavy atom. The van der Waals surface area contributed by atoms with E-state index in [1.807, 2.05) is 24.3 Å². The van der Waals surface area contributed by atoms with Crippen LogP contribution in [0.5, 0.6) is 5.75 Å². The number of hydrogen-bond donors (Lipinski definition) is 0. The van der Waals surface area contributed by atoms with Gasteiger partial charge in [0.25, 0.3) is 0 Å². The molecule has 0 fully saturated rings. The summed E-state index contributed by atoms with van der Waals surface area (Å²) in [5.74, 6) is 1.60. The van der Waals surface area contributed by atoms with Crippen molar-refractivity contribution in [2.45, 2.75) is 13.5 Å². The molecule has 2 rings (SSSR count). The third kappa shape index (κ3) is 5.41. The minimum absolute atomic E-state index is 0.636. The van der Waals surface area contributed by atoms with Gasteiger partial charge in [0.1, 0.15) is 12.4 Å². The van der Waals surface area contributed by atoms with Crippen molar-refractivity contribution >= 4 is 11.6 Å². The Morgan fingerprint density at radius 2 is 1.67 bits per heavy atom. The van der Waals surface area contributed by atoms with Crippen LogP contribution in [-0.4, -0.2) is 30.5 Å². The van der Waals surface area contributed by atoms with Crippen molar-refractivity contribution in [1.29, 1.82) is 0 Å². The molecular formula is C18H22ClNO. The molecule has 0 N–H and O–H groups in total. The van der Waals surface area contributed by atoms with Crippen molar-refractivity contribution in [3.63, 3.8) is 0 Å². The molecule has 2 aromatic carbocycles. The molecule has 0 aliphatic carbocycles. The van der Waals surface area contributed by atoms with Crippen LogP contribution >= 0.6 is 11.6 Å². The fourth-order valence-electron chi connectivity index (χ4n) is 2.23. The van der Waals surface area contributed by atoms with E-state index in [4.69, 9.17) is 16.3 Å². The average Bonchev–Trinajstić information content (AvgIpc) is 2.50. The Balaban J connectivity index is 1.84. The van der Waals surface area contributed by atoms with Gasteiger partial charge in [0.05, 0.1) is 0 Å². The first-order valence-electron chi connectivity index (χ1n) is 7.30. The van der Waals surface area contributed by atoms with Crippen LogP contribution in [0.2, 0.25) is 0 Å². The number of benzene rings is 2. The molecule has 0 heterocycles.